The minimum Gasteiger partial charge on any atom is -0.461 e. The number of benzene rings is 1. The number of ether oxygens (including phenoxy) is 3. The third-order valence-corrected chi connectivity index (χ3v) is 15.4. The Labute approximate surface area is 380 Å². The molecule has 1 aromatic carbocycles. The Balaban J connectivity index is 1.40. The van der Waals surface area contributed by atoms with Crippen LogP contribution in [0.4, 0.5) is 5.69 Å². The van der Waals surface area contributed by atoms with Gasteiger partial charge < -0.3 is 19.1 Å². The van der Waals surface area contributed by atoms with E-state index in [0.29, 0.717) is 18.4 Å². The number of nitrogens with zero attached hydrogens (tertiary/aromatic N) is 5. The summed E-state index contributed by atoms with van der Waals surface area (Å²) in [5.41, 5.74) is -0.612. The number of amides is 1. The Hall–Kier alpha value is -4.41. The van der Waals surface area contributed by atoms with E-state index in [9.17, 15) is 37.7 Å². The highest BCUT2D eigenvalue weighted by atomic mass is 32.2. The van der Waals surface area contributed by atoms with Crippen molar-refractivity contribution >= 4 is 39.3 Å². The topological polar surface area (TPSA) is 207 Å². The molecule has 2 saturated heterocycles. The summed E-state index contributed by atoms with van der Waals surface area (Å²) in [5, 5.41) is 17.8. The molecule has 0 saturated carbocycles. The van der Waals surface area contributed by atoms with Crippen LogP contribution >= 0.6 is 0 Å². The van der Waals surface area contributed by atoms with Gasteiger partial charge in [-0.2, -0.15) is 0 Å². The number of hydrogen-bond acceptors (Lipinski definition) is 13. The number of aromatic nitrogens is 3. The molecule has 0 spiro atoms. The van der Waals surface area contributed by atoms with E-state index < -0.39 is 72.7 Å². The van der Waals surface area contributed by atoms with Gasteiger partial charge in [0.15, 0.2) is 21.6 Å². The molecule has 2 aromatic rings. The minimum absolute atomic E-state index is 0.0479. The zero-order valence-corrected chi connectivity index (χ0v) is 39.4. The number of carbonyl (C=O) groups excluding carboxylic acids is 4. The van der Waals surface area contributed by atoms with Crippen molar-refractivity contribution in [2.45, 2.75) is 211 Å². The molecule has 16 nitrogen and oxygen atoms in total. The summed E-state index contributed by atoms with van der Waals surface area (Å²) in [6, 6.07) is 3.64. The number of nitro groups is 1. The molecule has 0 radical (unpaired) electrons. The van der Waals surface area contributed by atoms with Gasteiger partial charge in [-0.3, -0.25) is 14.9 Å². The number of nitro benzene ring substituents is 1. The fourth-order valence-electron chi connectivity index (χ4n) is 8.63. The Morgan fingerprint density at radius 1 is 0.719 bits per heavy atom. The van der Waals surface area contributed by atoms with Crippen molar-refractivity contribution in [3.63, 3.8) is 0 Å². The minimum atomic E-state index is -4.31. The Morgan fingerprint density at radius 2 is 1.17 bits per heavy atom. The second kappa shape index (κ2) is 27.2. The van der Waals surface area contributed by atoms with E-state index in [0.717, 1.165) is 54.5 Å². The number of esters is 3. The molecule has 0 bridgehead atoms. The van der Waals surface area contributed by atoms with Crippen LogP contribution in [0.3, 0.4) is 0 Å². The number of unbranched alkanes of at least 4 members (excludes halogenated alkanes) is 22. The quantitative estimate of drug-likeness (QED) is 0.0160. The highest BCUT2D eigenvalue weighted by molar-refractivity contribution is 7.93. The Morgan fingerprint density at radius 3 is 1.62 bits per heavy atom. The number of non-ortho nitro benzene ring substituents is 1. The van der Waals surface area contributed by atoms with Crippen molar-refractivity contribution in [3.05, 3.63) is 51.3 Å². The standard InChI is InChI=1S/C47H73N5O11S/c1-4-6-8-10-12-14-16-18-20-22-24-26-32-61-44(54)41-42(45(55)62-33-27-25-23-21-19-17-15-13-11-9-7-5-2)50(49-48-41)36-47(3)43(51-39(53)34-40(51)64(47,59)60)46(56)63-35-37-28-30-38(31-29-37)52(57)58/h28-31,40,43H,4-27,32-36H2,1-3H3/t40-,43+,47+/m1/s1. The van der Waals surface area contributed by atoms with Crippen molar-refractivity contribution in [2.24, 2.45) is 0 Å². The van der Waals surface area contributed by atoms with E-state index >= 15 is 0 Å². The summed E-state index contributed by atoms with van der Waals surface area (Å²) in [4.78, 5) is 65.5. The molecule has 3 heterocycles. The van der Waals surface area contributed by atoms with Crippen LogP contribution in [0.2, 0.25) is 0 Å². The average Bonchev–Trinajstić information content (AvgIpc) is 3.75. The predicted molar refractivity (Wildman–Crippen MR) is 242 cm³/mol. The molecular formula is C47H73N5O11S. The maximum atomic E-state index is 14.2. The van der Waals surface area contributed by atoms with Gasteiger partial charge in [0, 0.05) is 12.1 Å². The lowest BCUT2D eigenvalue weighted by atomic mass is 9.96. The molecule has 1 amide bonds. The van der Waals surface area contributed by atoms with Gasteiger partial charge in [0.05, 0.1) is 31.1 Å². The first-order valence-electron chi connectivity index (χ1n) is 24.1. The number of fused-ring (bicyclic) bond motifs is 1. The van der Waals surface area contributed by atoms with Gasteiger partial charge in [0.2, 0.25) is 11.6 Å². The molecule has 17 heteroatoms. The summed E-state index contributed by atoms with van der Waals surface area (Å²) >= 11 is 0. The number of rotatable bonds is 34. The first-order chi connectivity index (χ1) is 30.9. The molecule has 4 rings (SSSR count). The number of sulfone groups is 1. The lowest BCUT2D eigenvalue weighted by Gasteiger charge is -2.36. The highest BCUT2D eigenvalue weighted by Crippen LogP contribution is 2.47. The van der Waals surface area contributed by atoms with E-state index in [1.165, 1.54) is 128 Å². The number of β-lactam (4-membered cyclic amide) rings is 1. The third-order valence-electron chi connectivity index (χ3n) is 12.6. The summed E-state index contributed by atoms with van der Waals surface area (Å²) in [7, 11) is -4.31. The van der Waals surface area contributed by atoms with Gasteiger partial charge in [0.1, 0.15) is 16.7 Å². The van der Waals surface area contributed by atoms with Gasteiger partial charge in [-0.25, -0.2) is 27.5 Å². The van der Waals surface area contributed by atoms with Crippen LogP contribution < -0.4 is 0 Å². The van der Waals surface area contributed by atoms with Crippen molar-refractivity contribution in [1.82, 2.24) is 19.9 Å². The van der Waals surface area contributed by atoms with Gasteiger partial charge in [0.25, 0.3) is 5.69 Å². The second-order valence-electron chi connectivity index (χ2n) is 17.7. The molecular weight excluding hydrogens is 843 g/mol. The zero-order chi connectivity index (χ0) is 46.4. The maximum Gasteiger partial charge on any atom is 0.361 e. The van der Waals surface area contributed by atoms with E-state index in [-0.39, 0.29) is 31.9 Å². The summed E-state index contributed by atoms with van der Waals surface area (Å²) in [5.74, 6) is -3.46. The van der Waals surface area contributed by atoms with E-state index in [4.69, 9.17) is 14.2 Å². The Kier molecular flexibility index (Phi) is 22.2. The van der Waals surface area contributed by atoms with E-state index in [1.54, 1.807) is 0 Å². The largest absolute Gasteiger partial charge is 0.461 e. The van der Waals surface area contributed by atoms with Crippen molar-refractivity contribution in [3.8, 4) is 0 Å². The summed E-state index contributed by atoms with van der Waals surface area (Å²) in [6.45, 7) is 4.85. The third kappa shape index (κ3) is 14.8. The molecule has 1 aromatic heterocycles. The smallest absolute Gasteiger partial charge is 0.361 e. The molecule has 0 unspecified atom stereocenters. The number of hydrogen-bond donors (Lipinski definition) is 0. The van der Waals surface area contributed by atoms with Crippen molar-refractivity contribution < 1.29 is 46.7 Å². The first kappa shape index (κ1) is 52.2. The van der Waals surface area contributed by atoms with Gasteiger partial charge >= 0.3 is 17.9 Å². The summed E-state index contributed by atoms with van der Waals surface area (Å²) in [6.07, 6.45) is 26.8. The second-order valence-corrected chi connectivity index (χ2v) is 20.3. The maximum absolute atomic E-state index is 14.2. The first-order valence-corrected chi connectivity index (χ1v) is 25.6. The molecule has 0 N–H and O–H groups in total. The zero-order valence-electron chi connectivity index (χ0n) is 38.6. The molecule has 64 heavy (non-hydrogen) atoms. The molecule has 2 fully saturated rings. The van der Waals surface area contributed by atoms with Crippen LogP contribution in [-0.4, -0.2) is 86.4 Å². The van der Waals surface area contributed by atoms with Crippen molar-refractivity contribution in [1.29, 1.82) is 0 Å². The molecule has 3 atom stereocenters. The van der Waals surface area contributed by atoms with Crippen LogP contribution in [0.1, 0.15) is 208 Å². The van der Waals surface area contributed by atoms with Crippen molar-refractivity contribution in [2.75, 3.05) is 13.2 Å². The molecule has 2 aliphatic heterocycles. The van der Waals surface area contributed by atoms with Crippen LogP contribution in [0.5, 0.6) is 0 Å². The van der Waals surface area contributed by atoms with Crippen LogP contribution in [0.15, 0.2) is 24.3 Å². The van der Waals surface area contributed by atoms with Gasteiger partial charge in [-0.15, -0.1) is 5.10 Å². The van der Waals surface area contributed by atoms with E-state index in [1.807, 2.05) is 0 Å². The molecule has 0 aliphatic carbocycles. The normalized spacial score (nSPS) is 18.7. The fraction of sp³-hybridized carbons (Fsp3) is 0.745. The SMILES string of the molecule is CCCCCCCCCCCCCCOC(=O)c1nnn(C[C@@]2(C)[C@H](C(=O)OCc3ccc([N+](=O)[O-])cc3)N3C(=O)C[C@H]3S2(=O)=O)c1C(=O)OCCCCCCCCCCCCCC. The molecule has 2 aliphatic rings. The van der Waals surface area contributed by atoms with Crippen LogP contribution in [0.25, 0.3) is 0 Å². The lowest BCUT2D eigenvalue weighted by Crippen LogP contribution is -2.58. The number of carbonyl (C=O) groups is 4. The summed E-state index contributed by atoms with van der Waals surface area (Å²) < 4.78 is 43.9. The fourth-order valence-corrected chi connectivity index (χ4v) is 11.0. The lowest BCUT2D eigenvalue weighted by molar-refractivity contribution is -0.384. The van der Waals surface area contributed by atoms with Crippen LogP contribution in [0, 0.1) is 10.1 Å². The highest BCUT2D eigenvalue weighted by Gasteiger charge is 2.70. The van der Waals surface area contributed by atoms with Crippen LogP contribution in [-0.2, 0) is 46.8 Å². The average molecular weight is 916 g/mol. The van der Waals surface area contributed by atoms with Gasteiger partial charge in [-0.1, -0.05) is 160 Å². The predicted octanol–water partition coefficient (Wildman–Crippen LogP) is 9.76. The monoisotopic (exact) mass is 916 g/mol. The van der Waals surface area contributed by atoms with E-state index in [2.05, 4.69) is 24.2 Å². The van der Waals surface area contributed by atoms with Gasteiger partial charge in [-0.05, 0) is 37.5 Å². The Bertz CT molecular complexity index is 1900. The molecule has 358 valence electrons.